The topological polar surface area (TPSA) is 38.3 Å². The Morgan fingerprint density at radius 3 is 2.72 bits per heavy atom. The molecule has 100 valence electrons. The average Bonchev–Trinajstić information content (AvgIpc) is 2.33. The fourth-order valence-corrected chi connectivity index (χ4v) is 1.25. The van der Waals surface area contributed by atoms with Crippen molar-refractivity contribution in [3.8, 4) is 0 Å². The molecule has 18 heavy (non-hydrogen) atoms. The van der Waals surface area contributed by atoms with Crippen LogP contribution in [0.2, 0.25) is 0 Å². The number of carbonyl (C=O) groups is 1. The molecule has 0 unspecified atom stereocenters. The standard InChI is InChI=1S/C12H14F3NO2/c1-2-6-18-11(17)8-16-10-5-3-4-9(7-10)12(13,14)15/h3-5,7,16H,2,6,8H2,1H3. The number of hydrogen-bond donors (Lipinski definition) is 1. The van der Waals surface area contributed by atoms with Gasteiger partial charge in [-0.25, -0.2) is 0 Å². The first-order chi connectivity index (χ1) is 8.43. The number of benzene rings is 1. The van der Waals surface area contributed by atoms with Gasteiger partial charge in [0.1, 0.15) is 6.54 Å². The third-order valence-electron chi connectivity index (χ3n) is 2.09. The molecule has 0 aliphatic rings. The molecule has 0 saturated carbocycles. The van der Waals surface area contributed by atoms with Gasteiger partial charge in [-0.3, -0.25) is 4.79 Å². The van der Waals surface area contributed by atoms with E-state index in [4.69, 9.17) is 4.74 Å². The minimum absolute atomic E-state index is 0.151. The Balaban J connectivity index is 2.55. The molecule has 1 aromatic carbocycles. The molecule has 0 heterocycles. The van der Waals surface area contributed by atoms with Gasteiger partial charge in [0.2, 0.25) is 0 Å². The fraction of sp³-hybridized carbons (Fsp3) is 0.417. The Kier molecular flexibility index (Phi) is 5.00. The highest BCUT2D eigenvalue weighted by Gasteiger charge is 2.30. The zero-order valence-electron chi connectivity index (χ0n) is 9.88. The number of esters is 1. The number of rotatable bonds is 5. The Morgan fingerprint density at radius 2 is 2.11 bits per heavy atom. The predicted molar refractivity (Wildman–Crippen MR) is 61.2 cm³/mol. The molecule has 0 amide bonds. The largest absolute Gasteiger partial charge is 0.464 e. The minimum Gasteiger partial charge on any atom is -0.464 e. The van der Waals surface area contributed by atoms with Gasteiger partial charge in [0.15, 0.2) is 0 Å². The van der Waals surface area contributed by atoms with Gasteiger partial charge in [-0.05, 0) is 24.6 Å². The van der Waals surface area contributed by atoms with Crippen LogP contribution < -0.4 is 5.32 Å². The van der Waals surface area contributed by atoms with Crippen LogP contribution in [-0.2, 0) is 15.7 Å². The fourth-order valence-electron chi connectivity index (χ4n) is 1.25. The van der Waals surface area contributed by atoms with Crippen molar-refractivity contribution >= 4 is 11.7 Å². The lowest BCUT2D eigenvalue weighted by atomic mass is 10.2. The molecule has 0 saturated heterocycles. The third kappa shape index (κ3) is 4.65. The van der Waals surface area contributed by atoms with E-state index in [0.29, 0.717) is 13.0 Å². The highest BCUT2D eigenvalue weighted by molar-refractivity contribution is 5.75. The summed E-state index contributed by atoms with van der Waals surface area (Å²) < 4.78 is 42.0. The molecule has 0 spiro atoms. The van der Waals surface area contributed by atoms with Gasteiger partial charge in [0, 0.05) is 5.69 Å². The second-order valence-electron chi connectivity index (χ2n) is 3.65. The minimum atomic E-state index is -4.39. The van der Waals surface area contributed by atoms with Crippen LogP contribution in [0.3, 0.4) is 0 Å². The SMILES string of the molecule is CCCOC(=O)CNc1cccc(C(F)(F)F)c1. The van der Waals surface area contributed by atoms with Gasteiger partial charge in [-0.1, -0.05) is 13.0 Å². The van der Waals surface area contributed by atoms with Crippen molar-refractivity contribution < 1.29 is 22.7 Å². The lowest BCUT2D eigenvalue weighted by molar-refractivity contribution is -0.141. The Labute approximate surface area is 103 Å². The Bertz CT molecular complexity index is 405. The summed E-state index contributed by atoms with van der Waals surface area (Å²) >= 11 is 0. The number of carbonyl (C=O) groups excluding carboxylic acids is 1. The van der Waals surface area contributed by atoms with E-state index in [9.17, 15) is 18.0 Å². The highest BCUT2D eigenvalue weighted by atomic mass is 19.4. The van der Waals surface area contributed by atoms with E-state index in [1.54, 1.807) is 0 Å². The zero-order chi connectivity index (χ0) is 13.6. The highest BCUT2D eigenvalue weighted by Crippen LogP contribution is 2.30. The molecule has 0 bridgehead atoms. The van der Waals surface area contributed by atoms with Crippen LogP contribution in [0.1, 0.15) is 18.9 Å². The van der Waals surface area contributed by atoms with Gasteiger partial charge in [0.25, 0.3) is 0 Å². The van der Waals surface area contributed by atoms with Crippen LogP contribution in [0.5, 0.6) is 0 Å². The van der Waals surface area contributed by atoms with Crippen molar-refractivity contribution in [1.82, 2.24) is 0 Å². The lowest BCUT2D eigenvalue weighted by Crippen LogP contribution is -2.17. The number of anilines is 1. The molecular weight excluding hydrogens is 247 g/mol. The van der Waals surface area contributed by atoms with Gasteiger partial charge in [-0.2, -0.15) is 13.2 Å². The molecule has 0 aliphatic carbocycles. The maximum absolute atomic E-state index is 12.4. The summed E-state index contributed by atoms with van der Waals surface area (Å²) in [5.74, 6) is -0.491. The molecule has 1 rings (SSSR count). The maximum atomic E-state index is 12.4. The van der Waals surface area contributed by atoms with Crippen molar-refractivity contribution in [2.24, 2.45) is 0 Å². The van der Waals surface area contributed by atoms with Crippen LogP contribution in [0.4, 0.5) is 18.9 Å². The van der Waals surface area contributed by atoms with Crippen LogP contribution >= 0.6 is 0 Å². The van der Waals surface area contributed by atoms with Crippen molar-refractivity contribution in [3.05, 3.63) is 29.8 Å². The molecule has 1 aromatic rings. The summed E-state index contributed by atoms with van der Waals surface area (Å²) in [5.41, 5.74) is -0.521. The second-order valence-corrected chi connectivity index (χ2v) is 3.65. The van der Waals surface area contributed by atoms with Crippen LogP contribution in [-0.4, -0.2) is 19.1 Å². The summed E-state index contributed by atoms with van der Waals surface area (Å²) in [6.45, 7) is 2.01. The summed E-state index contributed by atoms with van der Waals surface area (Å²) in [6.07, 6.45) is -3.68. The molecule has 0 aromatic heterocycles. The number of nitrogens with one attached hydrogen (secondary N) is 1. The van der Waals surface area contributed by atoms with E-state index >= 15 is 0 Å². The van der Waals surface area contributed by atoms with Crippen molar-refractivity contribution in [1.29, 1.82) is 0 Å². The first-order valence-electron chi connectivity index (χ1n) is 5.50. The smallest absolute Gasteiger partial charge is 0.416 e. The molecule has 0 radical (unpaired) electrons. The van der Waals surface area contributed by atoms with Crippen molar-refractivity contribution in [2.45, 2.75) is 19.5 Å². The van der Waals surface area contributed by atoms with Crippen molar-refractivity contribution in [2.75, 3.05) is 18.5 Å². The zero-order valence-corrected chi connectivity index (χ0v) is 9.88. The van der Waals surface area contributed by atoms with E-state index in [2.05, 4.69) is 5.32 Å². The molecule has 0 fully saturated rings. The van der Waals surface area contributed by atoms with Crippen LogP contribution in [0.25, 0.3) is 0 Å². The summed E-state index contributed by atoms with van der Waals surface area (Å²) in [5, 5.41) is 2.59. The Hall–Kier alpha value is -1.72. The predicted octanol–water partition coefficient (Wildman–Crippen LogP) is 3.07. The number of alkyl halides is 3. The van der Waals surface area contributed by atoms with E-state index in [1.165, 1.54) is 12.1 Å². The third-order valence-corrected chi connectivity index (χ3v) is 2.09. The van der Waals surface area contributed by atoms with Crippen LogP contribution in [0, 0.1) is 0 Å². The van der Waals surface area contributed by atoms with Gasteiger partial charge in [0.05, 0.1) is 12.2 Å². The molecule has 3 nitrogen and oxygen atoms in total. The molecule has 0 atom stereocenters. The molecule has 1 N–H and O–H groups in total. The summed E-state index contributed by atoms with van der Waals surface area (Å²) in [7, 11) is 0. The lowest BCUT2D eigenvalue weighted by Gasteiger charge is -2.10. The van der Waals surface area contributed by atoms with Gasteiger partial charge in [-0.15, -0.1) is 0 Å². The number of ether oxygens (including phenoxy) is 1. The molecule has 6 heteroatoms. The monoisotopic (exact) mass is 261 g/mol. The van der Waals surface area contributed by atoms with Crippen molar-refractivity contribution in [3.63, 3.8) is 0 Å². The van der Waals surface area contributed by atoms with Crippen LogP contribution in [0.15, 0.2) is 24.3 Å². The van der Waals surface area contributed by atoms with Gasteiger partial charge >= 0.3 is 12.1 Å². The van der Waals surface area contributed by atoms with Gasteiger partial charge < -0.3 is 10.1 Å². The summed E-state index contributed by atoms with van der Waals surface area (Å²) in [4.78, 5) is 11.2. The van der Waals surface area contributed by atoms with E-state index in [1.807, 2.05) is 6.92 Å². The summed E-state index contributed by atoms with van der Waals surface area (Å²) in [6, 6.07) is 4.67. The number of halogens is 3. The Morgan fingerprint density at radius 1 is 1.39 bits per heavy atom. The maximum Gasteiger partial charge on any atom is 0.416 e. The average molecular weight is 261 g/mol. The number of hydrogen-bond acceptors (Lipinski definition) is 3. The molecular formula is C12H14F3NO2. The van der Waals surface area contributed by atoms with E-state index in [-0.39, 0.29) is 12.2 Å². The first-order valence-corrected chi connectivity index (χ1v) is 5.50. The second kappa shape index (κ2) is 6.28. The van der Waals surface area contributed by atoms with E-state index < -0.39 is 17.7 Å². The quantitative estimate of drug-likeness (QED) is 0.828. The molecule has 0 aliphatic heterocycles. The normalized spacial score (nSPS) is 11.1. The van der Waals surface area contributed by atoms with E-state index in [0.717, 1.165) is 12.1 Å². The first kappa shape index (κ1) is 14.3.